The Balaban J connectivity index is 1.50. The zero-order valence-corrected chi connectivity index (χ0v) is 27.4. The van der Waals surface area contributed by atoms with Gasteiger partial charge in [-0.05, 0) is 55.2 Å². The van der Waals surface area contributed by atoms with Crippen LogP contribution in [0.25, 0.3) is 0 Å². The minimum Gasteiger partial charge on any atom is -0.383 e. The van der Waals surface area contributed by atoms with Crippen LogP contribution in [0, 0.1) is 0 Å². The molecule has 0 aliphatic carbocycles. The van der Waals surface area contributed by atoms with Crippen LogP contribution in [-0.4, -0.2) is 41.9 Å². The zero-order chi connectivity index (χ0) is 32.1. The number of benzene rings is 4. The lowest BCUT2D eigenvalue weighted by atomic mass is 9.79. The monoisotopic (exact) mass is 646 g/mol. The fraction of sp³-hybridized carbons (Fsp3) is 0.316. The molecular formula is C38H40Cl2O5. The third kappa shape index (κ3) is 7.21. The quantitative estimate of drug-likeness (QED) is 0.116. The maximum Gasteiger partial charge on any atom is 0.163 e. The molecule has 5 nitrogen and oxygen atoms in total. The highest BCUT2D eigenvalue weighted by molar-refractivity contribution is 6.35. The van der Waals surface area contributed by atoms with Gasteiger partial charge in [0, 0.05) is 22.0 Å². The van der Waals surface area contributed by atoms with Crippen molar-refractivity contribution < 1.29 is 24.1 Å². The van der Waals surface area contributed by atoms with Crippen molar-refractivity contribution in [3.05, 3.63) is 154 Å². The lowest BCUT2D eigenvalue weighted by molar-refractivity contribution is -0.190. The summed E-state index contributed by atoms with van der Waals surface area (Å²) in [5.74, 6) is -0.843. The molecule has 5 rings (SSSR count). The molecule has 7 heteroatoms. The van der Waals surface area contributed by atoms with Gasteiger partial charge in [-0.25, -0.2) is 0 Å². The van der Waals surface area contributed by atoms with Crippen molar-refractivity contribution in [2.75, 3.05) is 13.2 Å². The Morgan fingerprint density at radius 3 is 1.78 bits per heavy atom. The standard InChI is InChI=1S/C38H40Cl2O5/c1-27(2)37(41,35(34-26-44-36(3,4)45-34)42-25-31-32(39)21-14-22-33(31)40)23-24-43-38(28-15-8-5-9-16-28,29-17-10-6-11-18-29)30-19-12-7-13-20-30/h5-22,34-35,41H,1,23-26H2,2-4H3/t34-,35-,37+/m1/s1. The SMILES string of the molecule is C=C(C)[C@@](O)(CCOC(c1ccccc1)(c1ccccc1)c1ccccc1)[C@H](OCc1c(Cl)cccc1Cl)[C@H]1COC(C)(C)O1. The van der Waals surface area contributed by atoms with Crippen molar-refractivity contribution in [2.45, 2.75) is 63.0 Å². The topological polar surface area (TPSA) is 57.2 Å². The summed E-state index contributed by atoms with van der Waals surface area (Å²) in [4.78, 5) is 0. The molecule has 0 amide bonds. The van der Waals surface area contributed by atoms with E-state index in [2.05, 4.69) is 43.0 Å². The number of aliphatic hydroxyl groups is 1. The fourth-order valence-corrected chi connectivity index (χ4v) is 6.49. The Labute approximate surface area is 276 Å². The second-order valence-corrected chi connectivity index (χ2v) is 12.7. The summed E-state index contributed by atoms with van der Waals surface area (Å²) in [5.41, 5.74) is 1.54. The van der Waals surface area contributed by atoms with E-state index in [4.69, 9.17) is 42.1 Å². The zero-order valence-electron chi connectivity index (χ0n) is 25.9. The van der Waals surface area contributed by atoms with Crippen molar-refractivity contribution in [2.24, 2.45) is 0 Å². The first-order valence-corrected chi connectivity index (χ1v) is 15.9. The Hall–Kier alpha value is -3.00. The highest BCUT2D eigenvalue weighted by Gasteiger charge is 2.49. The summed E-state index contributed by atoms with van der Waals surface area (Å²) < 4.78 is 25.7. The van der Waals surface area contributed by atoms with Gasteiger partial charge in [0.15, 0.2) is 5.79 Å². The Morgan fingerprint density at radius 1 is 0.867 bits per heavy atom. The van der Waals surface area contributed by atoms with Crippen molar-refractivity contribution >= 4 is 23.2 Å². The lowest BCUT2D eigenvalue weighted by Gasteiger charge is -2.41. The normalized spacial score (nSPS) is 18.3. The highest BCUT2D eigenvalue weighted by atomic mass is 35.5. The maximum absolute atomic E-state index is 12.5. The summed E-state index contributed by atoms with van der Waals surface area (Å²) in [6, 6.07) is 35.7. The van der Waals surface area contributed by atoms with Crippen LogP contribution in [0.2, 0.25) is 10.0 Å². The number of hydrogen-bond acceptors (Lipinski definition) is 5. The number of rotatable bonds is 13. The fourth-order valence-electron chi connectivity index (χ4n) is 5.99. The summed E-state index contributed by atoms with van der Waals surface area (Å²) in [5, 5.41) is 13.5. The molecule has 0 spiro atoms. The predicted molar refractivity (Wildman–Crippen MR) is 179 cm³/mol. The van der Waals surface area contributed by atoms with E-state index in [9.17, 15) is 5.11 Å². The number of ether oxygens (including phenoxy) is 4. The Kier molecular flexibility index (Phi) is 10.5. The molecule has 1 heterocycles. The first-order chi connectivity index (χ1) is 21.6. The van der Waals surface area contributed by atoms with Crippen LogP contribution < -0.4 is 0 Å². The van der Waals surface area contributed by atoms with Gasteiger partial charge in [-0.15, -0.1) is 0 Å². The van der Waals surface area contributed by atoms with Gasteiger partial charge in [-0.3, -0.25) is 0 Å². The van der Waals surface area contributed by atoms with Crippen molar-refractivity contribution in [1.29, 1.82) is 0 Å². The van der Waals surface area contributed by atoms with E-state index in [1.165, 1.54) is 0 Å². The van der Waals surface area contributed by atoms with E-state index in [-0.39, 0.29) is 26.2 Å². The Bertz CT molecular complexity index is 1440. The first-order valence-electron chi connectivity index (χ1n) is 15.1. The van der Waals surface area contributed by atoms with Gasteiger partial charge < -0.3 is 24.1 Å². The molecule has 1 fully saturated rings. The van der Waals surface area contributed by atoms with Gasteiger partial charge in [0.25, 0.3) is 0 Å². The molecular weight excluding hydrogens is 607 g/mol. The summed E-state index contributed by atoms with van der Waals surface area (Å²) >= 11 is 13.0. The van der Waals surface area contributed by atoms with Gasteiger partial charge in [-0.2, -0.15) is 0 Å². The van der Waals surface area contributed by atoms with Crippen LogP contribution in [0.1, 0.15) is 49.4 Å². The van der Waals surface area contributed by atoms with Crippen molar-refractivity contribution in [1.82, 2.24) is 0 Å². The van der Waals surface area contributed by atoms with Gasteiger partial charge in [0.1, 0.15) is 23.4 Å². The second kappa shape index (κ2) is 14.2. The summed E-state index contributed by atoms with van der Waals surface area (Å²) in [6.07, 6.45) is -1.30. The molecule has 0 saturated carbocycles. The summed E-state index contributed by atoms with van der Waals surface area (Å²) in [6.45, 7) is 10.1. The van der Waals surface area contributed by atoms with Gasteiger partial charge >= 0.3 is 0 Å². The van der Waals surface area contributed by atoms with Crippen LogP contribution in [0.5, 0.6) is 0 Å². The minimum absolute atomic E-state index is 0.0574. The molecule has 4 aromatic rings. The molecule has 0 aromatic heterocycles. The lowest BCUT2D eigenvalue weighted by Crippen LogP contribution is -2.53. The van der Waals surface area contributed by atoms with Crippen LogP contribution in [0.3, 0.4) is 0 Å². The largest absolute Gasteiger partial charge is 0.383 e. The van der Waals surface area contributed by atoms with Crippen molar-refractivity contribution in [3.63, 3.8) is 0 Å². The Morgan fingerprint density at radius 2 is 1.36 bits per heavy atom. The molecule has 1 saturated heterocycles. The molecule has 3 atom stereocenters. The third-order valence-electron chi connectivity index (χ3n) is 8.39. The van der Waals surface area contributed by atoms with E-state index >= 15 is 0 Å². The average molecular weight is 648 g/mol. The van der Waals surface area contributed by atoms with E-state index in [1.54, 1.807) is 25.1 Å². The number of hydrogen-bond donors (Lipinski definition) is 1. The van der Waals surface area contributed by atoms with Gasteiger partial charge in [-0.1, -0.05) is 127 Å². The molecule has 0 unspecified atom stereocenters. The van der Waals surface area contributed by atoms with Crippen LogP contribution in [-0.2, 0) is 31.2 Å². The summed E-state index contributed by atoms with van der Waals surface area (Å²) in [7, 11) is 0. The van der Waals surface area contributed by atoms with E-state index < -0.39 is 29.2 Å². The molecule has 236 valence electrons. The average Bonchev–Trinajstić information content (AvgIpc) is 3.40. The van der Waals surface area contributed by atoms with Crippen LogP contribution in [0.15, 0.2) is 121 Å². The van der Waals surface area contributed by atoms with Crippen LogP contribution in [0.4, 0.5) is 0 Å². The molecule has 0 radical (unpaired) electrons. The second-order valence-electron chi connectivity index (χ2n) is 11.9. The maximum atomic E-state index is 12.5. The third-order valence-corrected chi connectivity index (χ3v) is 9.10. The molecule has 0 bridgehead atoms. The van der Waals surface area contributed by atoms with E-state index in [1.807, 2.05) is 68.4 Å². The van der Waals surface area contributed by atoms with E-state index in [0.717, 1.165) is 16.7 Å². The molecule has 4 aromatic carbocycles. The first kappa shape index (κ1) is 33.4. The van der Waals surface area contributed by atoms with Gasteiger partial charge in [0.2, 0.25) is 0 Å². The highest BCUT2D eigenvalue weighted by Crippen LogP contribution is 2.42. The predicted octanol–water partition coefficient (Wildman–Crippen LogP) is 8.74. The smallest absolute Gasteiger partial charge is 0.163 e. The molecule has 1 aliphatic heterocycles. The minimum atomic E-state index is -1.56. The molecule has 1 N–H and O–H groups in total. The van der Waals surface area contributed by atoms with E-state index in [0.29, 0.717) is 21.2 Å². The molecule has 1 aliphatic rings. The molecule has 45 heavy (non-hydrogen) atoms. The van der Waals surface area contributed by atoms with Crippen LogP contribution >= 0.6 is 23.2 Å². The van der Waals surface area contributed by atoms with Gasteiger partial charge in [0.05, 0.1) is 19.8 Å². The van der Waals surface area contributed by atoms with Crippen molar-refractivity contribution in [3.8, 4) is 0 Å². The number of halogens is 2.